The highest BCUT2D eigenvalue weighted by atomic mass is 35.5. The number of nitrogens with zero attached hydrogens (tertiary/aromatic N) is 4. The summed E-state index contributed by atoms with van der Waals surface area (Å²) in [6.07, 6.45) is 2.83. The van der Waals surface area contributed by atoms with Crippen LogP contribution in [-0.2, 0) is 17.8 Å². The van der Waals surface area contributed by atoms with E-state index in [0.29, 0.717) is 55.9 Å². The predicted octanol–water partition coefficient (Wildman–Crippen LogP) is 0.114. The highest BCUT2D eigenvalue weighted by molar-refractivity contribution is 6.40. The van der Waals surface area contributed by atoms with Gasteiger partial charge in [-0.25, -0.2) is 4.68 Å². The van der Waals surface area contributed by atoms with Crippen LogP contribution in [0.3, 0.4) is 0 Å². The predicted molar refractivity (Wildman–Crippen MR) is 117 cm³/mol. The van der Waals surface area contributed by atoms with Crippen LogP contribution in [0.1, 0.15) is 36.7 Å². The molecule has 1 unspecified atom stereocenters. The van der Waals surface area contributed by atoms with E-state index in [0.717, 1.165) is 5.56 Å². The average Bonchev–Trinajstić information content (AvgIpc) is 3.18. The molecule has 0 fully saturated rings. The minimum absolute atomic E-state index is 0. The zero-order chi connectivity index (χ0) is 21.9. The molecule has 31 heavy (non-hydrogen) atoms. The van der Waals surface area contributed by atoms with E-state index in [1.807, 2.05) is 18.2 Å². The highest BCUT2D eigenvalue weighted by Gasteiger charge is 2.17. The van der Waals surface area contributed by atoms with Crippen molar-refractivity contribution in [3.8, 4) is 11.5 Å². The van der Waals surface area contributed by atoms with Crippen molar-refractivity contribution in [1.29, 1.82) is 0 Å². The quantitative estimate of drug-likeness (QED) is 0.242. The van der Waals surface area contributed by atoms with Crippen molar-refractivity contribution >= 4 is 25.4 Å². The molecule has 2 rings (SSSR count). The fourth-order valence-corrected chi connectivity index (χ4v) is 2.98. The Morgan fingerprint density at radius 3 is 2.68 bits per heavy atom. The maximum atomic E-state index is 12.3. The topological polar surface area (TPSA) is 158 Å². The molecule has 1 aromatic carbocycles. The van der Waals surface area contributed by atoms with E-state index in [1.54, 1.807) is 14.2 Å². The number of amides is 1. The summed E-state index contributed by atoms with van der Waals surface area (Å²) in [4.78, 5) is 12.3. The number of hydrogen-bond acceptors (Lipinski definition) is 9. The largest absolute Gasteiger partial charge is 0.493 e. The molecule has 1 amide bonds. The third kappa shape index (κ3) is 8.70. The maximum Gasteiger partial charge on any atom is 0.451 e. The van der Waals surface area contributed by atoms with E-state index in [9.17, 15) is 4.79 Å². The first-order chi connectivity index (χ1) is 14.4. The SMILES string of the molecule is COc1ccc(CCNC(=O)Cn2nnnc2C(N)CCCCB(O)O)cc1OC.Cl. The van der Waals surface area contributed by atoms with Crippen LogP contribution in [-0.4, -0.2) is 64.0 Å². The maximum absolute atomic E-state index is 12.3. The third-order valence-corrected chi connectivity index (χ3v) is 4.60. The van der Waals surface area contributed by atoms with Crippen molar-refractivity contribution in [2.45, 2.75) is 44.6 Å². The van der Waals surface area contributed by atoms with Crippen molar-refractivity contribution in [2.75, 3.05) is 20.8 Å². The van der Waals surface area contributed by atoms with Crippen LogP contribution in [0.2, 0.25) is 6.32 Å². The summed E-state index contributed by atoms with van der Waals surface area (Å²) >= 11 is 0. The summed E-state index contributed by atoms with van der Waals surface area (Å²) in [5.41, 5.74) is 7.12. The monoisotopic (exact) mass is 456 g/mol. The molecule has 0 spiro atoms. The van der Waals surface area contributed by atoms with E-state index in [2.05, 4.69) is 20.8 Å². The number of carbonyl (C=O) groups excluding carboxylic acids is 1. The van der Waals surface area contributed by atoms with Gasteiger partial charge in [0.05, 0.1) is 20.3 Å². The molecule has 172 valence electrons. The van der Waals surface area contributed by atoms with Gasteiger partial charge in [0.25, 0.3) is 0 Å². The van der Waals surface area contributed by atoms with Gasteiger partial charge in [-0.1, -0.05) is 18.9 Å². The lowest BCUT2D eigenvalue weighted by atomic mass is 9.83. The Hall–Kier alpha value is -2.41. The summed E-state index contributed by atoms with van der Waals surface area (Å²) in [5, 5.41) is 32.0. The summed E-state index contributed by atoms with van der Waals surface area (Å²) in [7, 11) is 1.85. The number of carbonyl (C=O) groups is 1. The third-order valence-electron chi connectivity index (χ3n) is 4.60. The zero-order valence-electron chi connectivity index (χ0n) is 17.7. The van der Waals surface area contributed by atoms with Crippen molar-refractivity contribution in [2.24, 2.45) is 5.73 Å². The molecule has 1 atom stereocenters. The van der Waals surface area contributed by atoms with E-state index < -0.39 is 13.2 Å². The van der Waals surface area contributed by atoms with Gasteiger partial charge in [-0.3, -0.25) is 4.79 Å². The van der Waals surface area contributed by atoms with Crippen molar-refractivity contribution in [3.05, 3.63) is 29.6 Å². The first kappa shape index (κ1) is 26.6. The second-order valence-electron chi connectivity index (χ2n) is 6.86. The number of ether oxygens (including phenoxy) is 2. The Kier molecular flexibility index (Phi) is 11.9. The average molecular weight is 457 g/mol. The smallest absolute Gasteiger partial charge is 0.451 e. The Morgan fingerprint density at radius 1 is 1.26 bits per heavy atom. The number of aromatic nitrogens is 4. The Morgan fingerprint density at radius 2 is 2.00 bits per heavy atom. The van der Waals surface area contributed by atoms with Crippen molar-refractivity contribution in [3.63, 3.8) is 0 Å². The fraction of sp³-hybridized carbons (Fsp3) is 0.556. The Bertz CT molecular complexity index is 809. The number of tetrazole rings is 1. The number of nitrogens with two attached hydrogens (primary N) is 1. The number of nitrogens with one attached hydrogen (secondary N) is 1. The lowest BCUT2D eigenvalue weighted by Crippen LogP contribution is -2.31. The van der Waals surface area contributed by atoms with Gasteiger partial charge in [-0.05, 0) is 47.3 Å². The summed E-state index contributed by atoms with van der Waals surface area (Å²) < 4.78 is 11.9. The van der Waals surface area contributed by atoms with Gasteiger partial charge >= 0.3 is 7.12 Å². The van der Waals surface area contributed by atoms with Gasteiger partial charge in [0.15, 0.2) is 17.3 Å². The van der Waals surface area contributed by atoms with Gasteiger partial charge < -0.3 is 30.6 Å². The van der Waals surface area contributed by atoms with Crippen LogP contribution in [0, 0.1) is 0 Å². The minimum Gasteiger partial charge on any atom is -0.493 e. The number of methoxy groups -OCH3 is 2. The molecule has 0 saturated heterocycles. The van der Waals surface area contributed by atoms with Crippen LogP contribution < -0.4 is 20.5 Å². The molecule has 13 heteroatoms. The molecule has 0 aliphatic carbocycles. The molecule has 0 aliphatic rings. The van der Waals surface area contributed by atoms with E-state index in [1.165, 1.54) is 4.68 Å². The second-order valence-corrected chi connectivity index (χ2v) is 6.86. The van der Waals surface area contributed by atoms with Gasteiger partial charge in [-0.15, -0.1) is 17.5 Å². The van der Waals surface area contributed by atoms with Gasteiger partial charge in [0.1, 0.15) is 6.54 Å². The molecule has 0 aliphatic heterocycles. The minimum atomic E-state index is -1.31. The molecule has 1 aromatic heterocycles. The molecule has 1 heterocycles. The molecule has 0 saturated carbocycles. The van der Waals surface area contributed by atoms with Crippen LogP contribution in [0.5, 0.6) is 11.5 Å². The highest BCUT2D eigenvalue weighted by Crippen LogP contribution is 2.27. The van der Waals surface area contributed by atoms with Crippen LogP contribution >= 0.6 is 12.4 Å². The van der Waals surface area contributed by atoms with Gasteiger partial charge in [0.2, 0.25) is 5.91 Å². The van der Waals surface area contributed by atoms with Crippen molar-refractivity contribution < 1.29 is 24.3 Å². The van der Waals surface area contributed by atoms with E-state index in [4.69, 9.17) is 25.3 Å². The lowest BCUT2D eigenvalue weighted by molar-refractivity contribution is -0.121. The summed E-state index contributed by atoms with van der Waals surface area (Å²) in [6.45, 7) is 0.415. The molecular weight excluding hydrogens is 427 g/mol. The van der Waals surface area contributed by atoms with Gasteiger partial charge in [-0.2, -0.15) is 0 Å². The van der Waals surface area contributed by atoms with Gasteiger partial charge in [0, 0.05) is 6.54 Å². The summed E-state index contributed by atoms with van der Waals surface area (Å²) in [6, 6.07) is 5.18. The lowest BCUT2D eigenvalue weighted by Gasteiger charge is -2.12. The molecule has 0 bridgehead atoms. The van der Waals surface area contributed by atoms with Crippen LogP contribution in [0.15, 0.2) is 18.2 Å². The molecule has 2 aromatic rings. The Balaban J connectivity index is 0.00000480. The fourth-order valence-electron chi connectivity index (χ4n) is 2.98. The second kappa shape index (κ2) is 13.8. The molecule has 11 nitrogen and oxygen atoms in total. The number of rotatable bonds is 13. The van der Waals surface area contributed by atoms with E-state index >= 15 is 0 Å². The molecule has 5 N–H and O–H groups in total. The van der Waals surface area contributed by atoms with E-state index in [-0.39, 0.29) is 24.9 Å². The molecule has 0 radical (unpaired) electrons. The number of halogens is 1. The Labute approximate surface area is 187 Å². The first-order valence-electron chi connectivity index (χ1n) is 9.80. The van der Waals surface area contributed by atoms with Crippen LogP contribution in [0.25, 0.3) is 0 Å². The number of unbranched alkanes of at least 4 members (excludes halogenated alkanes) is 1. The first-order valence-corrected chi connectivity index (χ1v) is 9.80. The standard InChI is InChI=1S/C18H29BN6O5.ClH/c1-29-15-7-6-13(11-16(15)30-2)8-10-21-17(26)12-25-18(22-23-24-25)14(20)5-3-4-9-19(27)28;/h6-7,11,14,27-28H,3-5,8-10,12,20H2,1-2H3,(H,21,26);1H. The molecular formula is C18H30BClN6O5. The zero-order valence-corrected chi connectivity index (χ0v) is 18.5. The number of hydrogen-bond donors (Lipinski definition) is 4. The normalized spacial score (nSPS) is 11.4. The summed E-state index contributed by atoms with van der Waals surface area (Å²) in [5.74, 6) is 1.50. The van der Waals surface area contributed by atoms with Crippen LogP contribution in [0.4, 0.5) is 0 Å². The number of benzene rings is 1. The van der Waals surface area contributed by atoms with Crippen molar-refractivity contribution in [1.82, 2.24) is 25.5 Å².